The smallest absolute Gasteiger partial charge is 0.254 e. The van der Waals surface area contributed by atoms with E-state index in [0.29, 0.717) is 25.3 Å². The SMILES string of the molecule is COCCN(Cc1ccccc1)C(=O)c1cccc(-n2cnnn2)c1. The van der Waals surface area contributed by atoms with E-state index in [1.54, 1.807) is 24.1 Å². The lowest BCUT2D eigenvalue weighted by Gasteiger charge is -2.23. The number of tetrazole rings is 1. The lowest BCUT2D eigenvalue weighted by molar-refractivity contribution is 0.0680. The zero-order valence-corrected chi connectivity index (χ0v) is 13.9. The topological polar surface area (TPSA) is 73.1 Å². The van der Waals surface area contributed by atoms with E-state index in [0.717, 1.165) is 11.3 Å². The minimum absolute atomic E-state index is 0.0594. The molecule has 0 aliphatic heterocycles. The van der Waals surface area contributed by atoms with Gasteiger partial charge in [-0.3, -0.25) is 4.79 Å². The molecule has 128 valence electrons. The molecular weight excluding hydrogens is 318 g/mol. The lowest BCUT2D eigenvalue weighted by atomic mass is 10.1. The number of rotatable bonds is 7. The van der Waals surface area contributed by atoms with Crippen molar-refractivity contribution in [3.8, 4) is 5.69 Å². The maximum Gasteiger partial charge on any atom is 0.254 e. The number of carbonyl (C=O) groups is 1. The number of hydrogen-bond acceptors (Lipinski definition) is 5. The van der Waals surface area contributed by atoms with Gasteiger partial charge in [-0.2, -0.15) is 0 Å². The number of benzene rings is 2. The fraction of sp³-hybridized carbons (Fsp3) is 0.222. The van der Waals surface area contributed by atoms with Crippen LogP contribution in [0.2, 0.25) is 0 Å². The largest absolute Gasteiger partial charge is 0.383 e. The molecule has 2 aromatic carbocycles. The van der Waals surface area contributed by atoms with Crippen molar-refractivity contribution in [3.05, 3.63) is 72.1 Å². The summed E-state index contributed by atoms with van der Waals surface area (Å²) in [7, 11) is 1.63. The molecule has 0 aliphatic carbocycles. The molecule has 0 fully saturated rings. The highest BCUT2D eigenvalue weighted by molar-refractivity contribution is 5.94. The zero-order valence-electron chi connectivity index (χ0n) is 13.9. The first-order valence-corrected chi connectivity index (χ1v) is 7.93. The summed E-state index contributed by atoms with van der Waals surface area (Å²) in [5.41, 5.74) is 2.39. The Morgan fingerprint density at radius 3 is 2.72 bits per heavy atom. The monoisotopic (exact) mass is 337 g/mol. The first kappa shape index (κ1) is 16.8. The fourth-order valence-electron chi connectivity index (χ4n) is 2.50. The summed E-state index contributed by atoms with van der Waals surface area (Å²) in [5, 5.41) is 11.1. The Morgan fingerprint density at radius 1 is 1.16 bits per heavy atom. The van der Waals surface area contributed by atoms with Crippen LogP contribution in [0.4, 0.5) is 0 Å². The van der Waals surface area contributed by atoms with Gasteiger partial charge in [-0.05, 0) is 34.2 Å². The van der Waals surface area contributed by atoms with Crippen LogP contribution < -0.4 is 0 Å². The van der Waals surface area contributed by atoms with Crippen molar-refractivity contribution >= 4 is 5.91 Å². The Balaban J connectivity index is 1.83. The average Bonchev–Trinajstić information content (AvgIpc) is 3.20. The van der Waals surface area contributed by atoms with Gasteiger partial charge in [0.2, 0.25) is 0 Å². The molecule has 0 aliphatic rings. The summed E-state index contributed by atoms with van der Waals surface area (Å²) >= 11 is 0. The molecule has 3 aromatic rings. The van der Waals surface area contributed by atoms with E-state index in [1.165, 1.54) is 11.0 Å². The molecule has 1 amide bonds. The normalized spacial score (nSPS) is 10.6. The van der Waals surface area contributed by atoms with E-state index in [2.05, 4.69) is 15.5 Å². The third-order valence-electron chi connectivity index (χ3n) is 3.78. The second-order valence-electron chi connectivity index (χ2n) is 5.51. The maximum atomic E-state index is 13.0. The van der Waals surface area contributed by atoms with Gasteiger partial charge in [0.25, 0.3) is 5.91 Å². The van der Waals surface area contributed by atoms with E-state index in [9.17, 15) is 4.79 Å². The van der Waals surface area contributed by atoms with E-state index in [-0.39, 0.29) is 5.91 Å². The minimum Gasteiger partial charge on any atom is -0.383 e. The molecule has 0 atom stereocenters. The molecule has 0 saturated heterocycles. The van der Waals surface area contributed by atoms with Crippen LogP contribution in [-0.4, -0.2) is 51.3 Å². The molecule has 0 radical (unpaired) electrons. The van der Waals surface area contributed by atoms with Gasteiger partial charge in [0, 0.05) is 25.8 Å². The highest BCUT2D eigenvalue weighted by Gasteiger charge is 2.17. The maximum absolute atomic E-state index is 13.0. The van der Waals surface area contributed by atoms with Crippen molar-refractivity contribution in [2.24, 2.45) is 0 Å². The third kappa shape index (κ3) is 4.27. The molecule has 7 heteroatoms. The Kier molecular flexibility index (Phi) is 5.48. The molecule has 25 heavy (non-hydrogen) atoms. The van der Waals surface area contributed by atoms with Crippen LogP contribution in [0.25, 0.3) is 5.69 Å². The van der Waals surface area contributed by atoms with Crippen LogP contribution >= 0.6 is 0 Å². The van der Waals surface area contributed by atoms with Crippen LogP contribution in [0, 0.1) is 0 Å². The molecule has 0 saturated carbocycles. The van der Waals surface area contributed by atoms with Gasteiger partial charge in [-0.1, -0.05) is 36.4 Å². The van der Waals surface area contributed by atoms with Crippen molar-refractivity contribution in [2.75, 3.05) is 20.3 Å². The van der Waals surface area contributed by atoms with E-state index in [1.807, 2.05) is 42.5 Å². The standard InChI is InChI=1S/C18H19N5O2/c1-25-11-10-22(13-15-6-3-2-4-7-15)18(24)16-8-5-9-17(12-16)23-14-19-20-21-23/h2-9,12,14H,10-11,13H2,1H3. The van der Waals surface area contributed by atoms with Crippen LogP contribution in [-0.2, 0) is 11.3 Å². The Hall–Kier alpha value is -3.06. The molecule has 1 heterocycles. The van der Waals surface area contributed by atoms with Crippen LogP contribution in [0.5, 0.6) is 0 Å². The van der Waals surface area contributed by atoms with E-state index >= 15 is 0 Å². The van der Waals surface area contributed by atoms with Gasteiger partial charge >= 0.3 is 0 Å². The average molecular weight is 337 g/mol. The van der Waals surface area contributed by atoms with Crippen molar-refractivity contribution in [1.29, 1.82) is 0 Å². The molecule has 1 aromatic heterocycles. The lowest BCUT2D eigenvalue weighted by Crippen LogP contribution is -2.33. The quantitative estimate of drug-likeness (QED) is 0.659. The molecule has 0 bridgehead atoms. The zero-order chi connectivity index (χ0) is 17.5. The number of amides is 1. The van der Waals surface area contributed by atoms with Gasteiger partial charge in [0.15, 0.2) is 0 Å². The van der Waals surface area contributed by atoms with Crippen LogP contribution in [0.3, 0.4) is 0 Å². The highest BCUT2D eigenvalue weighted by atomic mass is 16.5. The molecule has 7 nitrogen and oxygen atoms in total. The summed E-state index contributed by atoms with van der Waals surface area (Å²) in [4.78, 5) is 14.8. The van der Waals surface area contributed by atoms with Crippen LogP contribution in [0.15, 0.2) is 60.9 Å². The Morgan fingerprint density at radius 2 is 2.00 bits per heavy atom. The Labute approximate surface area is 145 Å². The number of nitrogens with zero attached hydrogens (tertiary/aromatic N) is 5. The summed E-state index contributed by atoms with van der Waals surface area (Å²) < 4.78 is 6.68. The number of methoxy groups -OCH3 is 1. The van der Waals surface area contributed by atoms with E-state index in [4.69, 9.17) is 4.74 Å². The van der Waals surface area contributed by atoms with Gasteiger partial charge in [0.05, 0.1) is 12.3 Å². The first-order valence-electron chi connectivity index (χ1n) is 7.93. The summed E-state index contributed by atoms with van der Waals surface area (Å²) in [6.45, 7) is 1.52. The van der Waals surface area contributed by atoms with Gasteiger partial charge in [0.1, 0.15) is 6.33 Å². The highest BCUT2D eigenvalue weighted by Crippen LogP contribution is 2.13. The first-order chi connectivity index (χ1) is 12.3. The molecule has 0 unspecified atom stereocenters. The predicted molar refractivity (Wildman–Crippen MR) is 92.2 cm³/mol. The number of hydrogen-bond donors (Lipinski definition) is 0. The van der Waals surface area contributed by atoms with Crippen molar-refractivity contribution < 1.29 is 9.53 Å². The molecule has 3 rings (SSSR count). The molecule has 0 N–H and O–H groups in total. The second kappa shape index (κ2) is 8.16. The second-order valence-corrected chi connectivity index (χ2v) is 5.51. The van der Waals surface area contributed by atoms with Gasteiger partial charge < -0.3 is 9.64 Å². The van der Waals surface area contributed by atoms with Crippen LogP contribution in [0.1, 0.15) is 15.9 Å². The number of ether oxygens (including phenoxy) is 1. The third-order valence-corrected chi connectivity index (χ3v) is 3.78. The number of carbonyl (C=O) groups excluding carboxylic acids is 1. The van der Waals surface area contributed by atoms with Crippen molar-refractivity contribution in [3.63, 3.8) is 0 Å². The van der Waals surface area contributed by atoms with Gasteiger partial charge in [-0.25, -0.2) is 4.68 Å². The summed E-state index contributed by atoms with van der Waals surface area (Å²) in [6, 6.07) is 17.1. The number of aromatic nitrogens is 4. The van der Waals surface area contributed by atoms with Crippen molar-refractivity contribution in [1.82, 2.24) is 25.1 Å². The predicted octanol–water partition coefficient (Wildman–Crippen LogP) is 1.95. The molecular formula is C18H19N5O2. The minimum atomic E-state index is -0.0594. The summed E-state index contributed by atoms with van der Waals surface area (Å²) in [6.07, 6.45) is 1.50. The van der Waals surface area contributed by atoms with E-state index < -0.39 is 0 Å². The summed E-state index contributed by atoms with van der Waals surface area (Å²) in [5.74, 6) is -0.0594. The molecule has 0 spiro atoms. The fourth-order valence-corrected chi connectivity index (χ4v) is 2.50. The van der Waals surface area contributed by atoms with Crippen molar-refractivity contribution in [2.45, 2.75) is 6.54 Å². The Bertz CT molecular complexity index is 805. The van der Waals surface area contributed by atoms with Gasteiger partial charge in [-0.15, -0.1) is 5.10 Å².